The van der Waals surface area contributed by atoms with E-state index in [0.717, 1.165) is 30.7 Å². The van der Waals surface area contributed by atoms with Gasteiger partial charge in [0, 0.05) is 31.2 Å². The maximum Gasteiger partial charge on any atom is 0.111 e. The molecule has 2 heterocycles. The highest BCUT2D eigenvalue weighted by Crippen LogP contribution is 2.17. The lowest BCUT2D eigenvalue weighted by Gasteiger charge is -2.08. The SMILES string of the molecule is ClCCc1nc2ccccc2n1CCc1ccncc1. The first kappa shape index (κ1) is 13.1. The van der Waals surface area contributed by atoms with Crippen molar-refractivity contribution in [1.29, 1.82) is 0 Å². The van der Waals surface area contributed by atoms with Crippen LogP contribution < -0.4 is 0 Å². The van der Waals surface area contributed by atoms with Crippen LogP contribution in [0.3, 0.4) is 0 Å². The van der Waals surface area contributed by atoms with Crippen LogP contribution in [0.25, 0.3) is 11.0 Å². The molecule has 3 rings (SSSR count). The molecule has 0 saturated carbocycles. The van der Waals surface area contributed by atoms with E-state index in [-0.39, 0.29) is 0 Å². The van der Waals surface area contributed by atoms with Crippen molar-refractivity contribution in [2.75, 3.05) is 5.88 Å². The molecule has 0 N–H and O–H groups in total. The van der Waals surface area contributed by atoms with Gasteiger partial charge in [-0.3, -0.25) is 4.98 Å². The summed E-state index contributed by atoms with van der Waals surface area (Å²) in [6, 6.07) is 12.4. The summed E-state index contributed by atoms with van der Waals surface area (Å²) >= 11 is 5.89. The lowest BCUT2D eigenvalue weighted by Crippen LogP contribution is -2.07. The first-order valence-electron chi connectivity index (χ1n) is 6.77. The van der Waals surface area contributed by atoms with E-state index in [9.17, 15) is 0 Å². The average molecular weight is 286 g/mol. The molecule has 0 amide bonds. The molecule has 2 aromatic heterocycles. The number of halogens is 1. The van der Waals surface area contributed by atoms with Gasteiger partial charge in [0.1, 0.15) is 5.82 Å². The zero-order chi connectivity index (χ0) is 13.8. The molecule has 1 aromatic carbocycles. The number of nitrogens with zero attached hydrogens (tertiary/aromatic N) is 3. The lowest BCUT2D eigenvalue weighted by molar-refractivity contribution is 0.674. The number of para-hydroxylation sites is 2. The summed E-state index contributed by atoms with van der Waals surface area (Å²) in [5, 5.41) is 0. The Morgan fingerprint density at radius 1 is 1.00 bits per heavy atom. The summed E-state index contributed by atoms with van der Waals surface area (Å²) in [5.74, 6) is 1.66. The van der Waals surface area contributed by atoms with Gasteiger partial charge in [0.05, 0.1) is 11.0 Å². The predicted octanol–water partition coefficient (Wildman–Crippen LogP) is 3.46. The summed E-state index contributed by atoms with van der Waals surface area (Å²) in [7, 11) is 0. The fraction of sp³-hybridized carbons (Fsp3) is 0.250. The van der Waals surface area contributed by atoms with Gasteiger partial charge in [0.2, 0.25) is 0 Å². The van der Waals surface area contributed by atoms with E-state index in [2.05, 4.69) is 44.9 Å². The monoisotopic (exact) mass is 285 g/mol. The third-order valence-corrected chi connectivity index (χ3v) is 3.61. The minimum absolute atomic E-state index is 0.596. The normalized spacial score (nSPS) is 11.1. The number of aryl methyl sites for hydroxylation is 3. The molecule has 0 fully saturated rings. The van der Waals surface area contributed by atoms with Gasteiger partial charge in [-0.1, -0.05) is 12.1 Å². The van der Waals surface area contributed by atoms with Crippen molar-refractivity contribution in [2.24, 2.45) is 0 Å². The van der Waals surface area contributed by atoms with Gasteiger partial charge in [0.15, 0.2) is 0 Å². The molecule has 0 saturated heterocycles. The average Bonchev–Trinajstić information content (AvgIpc) is 2.84. The van der Waals surface area contributed by atoms with Crippen molar-refractivity contribution in [2.45, 2.75) is 19.4 Å². The van der Waals surface area contributed by atoms with Crippen LogP contribution in [0.2, 0.25) is 0 Å². The maximum atomic E-state index is 5.89. The van der Waals surface area contributed by atoms with Gasteiger partial charge in [-0.15, -0.1) is 11.6 Å². The molecule has 0 spiro atoms. The van der Waals surface area contributed by atoms with Gasteiger partial charge in [-0.2, -0.15) is 0 Å². The molecule has 3 nitrogen and oxygen atoms in total. The Morgan fingerprint density at radius 3 is 2.60 bits per heavy atom. The summed E-state index contributed by atoms with van der Waals surface area (Å²) in [4.78, 5) is 8.73. The Morgan fingerprint density at radius 2 is 1.80 bits per heavy atom. The zero-order valence-electron chi connectivity index (χ0n) is 11.2. The van der Waals surface area contributed by atoms with Crippen LogP contribution in [0.4, 0.5) is 0 Å². The number of rotatable bonds is 5. The molecule has 0 aliphatic rings. The Kier molecular flexibility index (Phi) is 3.97. The van der Waals surface area contributed by atoms with Crippen molar-refractivity contribution < 1.29 is 0 Å². The second-order valence-electron chi connectivity index (χ2n) is 4.71. The zero-order valence-corrected chi connectivity index (χ0v) is 11.9. The highest BCUT2D eigenvalue weighted by Gasteiger charge is 2.09. The summed E-state index contributed by atoms with van der Waals surface area (Å²) in [6.07, 6.45) is 5.44. The molecule has 102 valence electrons. The van der Waals surface area contributed by atoms with Gasteiger partial charge in [-0.25, -0.2) is 4.98 Å². The molecule has 0 unspecified atom stereocenters. The van der Waals surface area contributed by atoms with E-state index in [0.29, 0.717) is 5.88 Å². The second-order valence-corrected chi connectivity index (χ2v) is 5.09. The molecule has 0 radical (unpaired) electrons. The number of alkyl halides is 1. The first-order chi connectivity index (χ1) is 9.88. The highest BCUT2D eigenvalue weighted by molar-refractivity contribution is 6.17. The Labute approximate surface area is 123 Å². The Balaban J connectivity index is 1.90. The number of benzene rings is 1. The van der Waals surface area contributed by atoms with E-state index in [1.165, 1.54) is 11.1 Å². The molecular weight excluding hydrogens is 270 g/mol. The summed E-state index contributed by atoms with van der Waals surface area (Å²) < 4.78 is 2.28. The third kappa shape index (κ3) is 2.68. The van der Waals surface area contributed by atoms with Gasteiger partial charge in [-0.05, 0) is 36.2 Å². The van der Waals surface area contributed by atoms with Crippen LogP contribution in [0.15, 0.2) is 48.8 Å². The number of imidazole rings is 1. The van der Waals surface area contributed by atoms with Crippen LogP contribution in [0.1, 0.15) is 11.4 Å². The highest BCUT2D eigenvalue weighted by atomic mass is 35.5. The molecule has 20 heavy (non-hydrogen) atoms. The van der Waals surface area contributed by atoms with Crippen LogP contribution in [-0.2, 0) is 19.4 Å². The van der Waals surface area contributed by atoms with E-state index in [4.69, 9.17) is 11.6 Å². The smallest absolute Gasteiger partial charge is 0.111 e. The Hall–Kier alpha value is -1.87. The topological polar surface area (TPSA) is 30.7 Å². The van der Waals surface area contributed by atoms with Crippen LogP contribution >= 0.6 is 11.6 Å². The maximum absolute atomic E-state index is 5.89. The van der Waals surface area contributed by atoms with Gasteiger partial charge >= 0.3 is 0 Å². The minimum atomic E-state index is 0.596. The van der Waals surface area contributed by atoms with Crippen molar-refractivity contribution in [3.05, 3.63) is 60.2 Å². The Bertz CT molecular complexity index is 691. The van der Waals surface area contributed by atoms with E-state index in [1.54, 1.807) is 0 Å². The minimum Gasteiger partial charge on any atom is -0.328 e. The predicted molar refractivity (Wildman–Crippen MR) is 82.1 cm³/mol. The van der Waals surface area contributed by atoms with Gasteiger partial charge < -0.3 is 4.57 Å². The largest absolute Gasteiger partial charge is 0.328 e. The molecule has 0 aliphatic carbocycles. The van der Waals surface area contributed by atoms with E-state index in [1.807, 2.05) is 18.5 Å². The molecule has 3 aromatic rings. The molecule has 0 atom stereocenters. The number of pyridine rings is 1. The lowest BCUT2D eigenvalue weighted by atomic mass is 10.2. The fourth-order valence-corrected chi connectivity index (χ4v) is 2.61. The van der Waals surface area contributed by atoms with Crippen molar-refractivity contribution in [1.82, 2.24) is 14.5 Å². The molecule has 0 bridgehead atoms. The molecule has 4 heteroatoms. The third-order valence-electron chi connectivity index (χ3n) is 3.43. The number of hydrogen-bond donors (Lipinski definition) is 0. The summed E-state index contributed by atoms with van der Waals surface area (Å²) in [5.41, 5.74) is 3.51. The number of fused-ring (bicyclic) bond motifs is 1. The van der Waals surface area contributed by atoms with Crippen LogP contribution in [0.5, 0.6) is 0 Å². The van der Waals surface area contributed by atoms with Crippen molar-refractivity contribution in [3.8, 4) is 0 Å². The second kappa shape index (κ2) is 6.06. The van der Waals surface area contributed by atoms with E-state index >= 15 is 0 Å². The van der Waals surface area contributed by atoms with Crippen molar-refractivity contribution >= 4 is 22.6 Å². The van der Waals surface area contributed by atoms with Crippen molar-refractivity contribution in [3.63, 3.8) is 0 Å². The van der Waals surface area contributed by atoms with Crippen LogP contribution in [-0.4, -0.2) is 20.4 Å². The molecule has 0 aliphatic heterocycles. The van der Waals surface area contributed by atoms with Crippen LogP contribution in [0, 0.1) is 0 Å². The van der Waals surface area contributed by atoms with E-state index < -0.39 is 0 Å². The standard InChI is InChI=1S/C16H16ClN3/c17-9-5-16-19-14-3-1-2-4-15(14)20(16)12-8-13-6-10-18-11-7-13/h1-4,6-7,10-11H,5,8-9,12H2. The first-order valence-corrected chi connectivity index (χ1v) is 7.31. The fourth-order valence-electron chi connectivity index (χ4n) is 2.44. The quantitative estimate of drug-likeness (QED) is 0.672. The number of aromatic nitrogens is 3. The number of hydrogen-bond acceptors (Lipinski definition) is 2. The molecular formula is C16H16ClN3. The summed E-state index contributed by atoms with van der Waals surface area (Å²) in [6.45, 7) is 0.913. The van der Waals surface area contributed by atoms with Gasteiger partial charge in [0.25, 0.3) is 0 Å².